The summed E-state index contributed by atoms with van der Waals surface area (Å²) in [5.74, 6) is 0. The first-order valence-electron chi connectivity index (χ1n) is 7.62. The summed E-state index contributed by atoms with van der Waals surface area (Å²) >= 11 is 0. The summed E-state index contributed by atoms with van der Waals surface area (Å²) in [6, 6.07) is 1.86. The first-order valence-corrected chi connectivity index (χ1v) is 9.43. The van der Waals surface area contributed by atoms with Crippen LogP contribution in [0.5, 0.6) is 0 Å². The van der Waals surface area contributed by atoms with E-state index in [1.54, 1.807) is 0 Å². The molecule has 130 valence electrons. The van der Waals surface area contributed by atoms with E-state index in [9.17, 15) is 13.7 Å². The molecule has 7 heteroatoms. The van der Waals surface area contributed by atoms with Gasteiger partial charge < -0.3 is 0 Å². The third-order valence-electron chi connectivity index (χ3n) is 3.55. The van der Waals surface area contributed by atoms with Crippen molar-refractivity contribution in [1.29, 1.82) is 5.26 Å². The Morgan fingerprint density at radius 3 is 2.38 bits per heavy atom. The van der Waals surface area contributed by atoms with Crippen LogP contribution in [0.4, 0.5) is 0 Å². The second-order valence-corrected chi connectivity index (χ2v) is 7.42. The highest BCUT2D eigenvalue weighted by Gasteiger charge is 2.40. The zero-order valence-corrected chi connectivity index (χ0v) is 15.5. The van der Waals surface area contributed by atoms with Crippen LogP contribution in [-0.2, 0) is 14.4 Å². The average Bonchev–Trinajstić information content (AvgIpc) is 2.79. The summed E-state index contributed by atoms with van der Waals surface area (Å²) in [4.78, 5) is 4.42. The van der Waals surface area contributed by atoms with Gasteiger partial charge in [0, 0.05) is 5.41 Å². The second-order valence-electron chi connectivity index (χ2n) is 5.87. The number of nitrogens with zero attached hydrogens (tertiary/aromatic N) is 3. The van der Waals surface area contributed by atoms with Gasteiger partial charge in [0.1, 0.15) is 6.07 Å². The molecule has 0 amide bonds. The molecule has 0 aromatic carbocycles. The maximum atomic E-state index is 11.0. The standard InChI is InChI=1S/C13H15N3O3S.C4H8/c1-13(2)9-6-4-5-7-10(9)15-12(13)11(8-14)16-19-20(3,17)18;1-3-4-2/h6-7H,4-5H2,1-3H3;3-4H,1-2H3/b16-11+;4-3-. The molecule has 2 aliphatic rings. The van der Waals surface area contributed by atoms with Gasteiger partial charge in [-0.25, -0.2) is 4.99 Å². The summed E-state index contributed by atoms with van der Waals surface area (Å²) in [5.41, 5.74) is 1.71. The molecule has 0 aromatic rings. The van der Waals surface area contributed by atoms with Gasteiger partial charge in [0.15, 0.2) is 0 Å². The van der Waals surface area contributed by atoms with E-state index in [-0.39, 0.29) is 5.71 Å². The molecule has 0 N–H and O–H groups in total. The van der Waals surface area contributed by atoms with Gasteiger partial charge in [-0.3, -0.25) is 4.28 Å². The third-order valence-corrected chi connectivity index (χ3v) is 3.90. The predicted molar refractivity (Wildman–Crippen MR) is 96.1 cm³/mol. The zero-order valence-electron chi connectivity index (χ0n) is 14.7. The van der Waals surface area contributed by atoms with Crippen molar-refractivity contribution in [3.8, 4) is 6.07 Å². The minimum atomic E-state index is -3.74. The van der Waals surface area contributed by atoms with E-state index < -0.39 is 15.5 Å². The number of fused-ring (bicyclic) bond motifs is 1. The van der Waals surface area contributed by atoms with Crippen LogP contribution >= 0.6 is 0 Å². The zero-order chi connectivity index (χ0) is 18.4. The first-order chi connectivity index (χ1) is 11.2. The topological polar surface area (TPSA) is 91.9 Å². The molecule has 0 aromatic heterocycles. The molecule has 0 radical (unpaired) electrons. The van der Waals surface area contributed by atoms with E-state index in [1.807, 2.05) is 52.0 Å². The monoisotopic (exact) mass is 349 g/mol. The van der Waals surface area contributed by atoms with Crippen molar-refractivity contribution in [1.82, 2.24) is 0 Å². The molecule has 0 spiro atoms. The SMILES string of the molecule is C/C=C\C.CC1(C)C2=CCCC=C2N=C1/C(C#N)=N/OS(C)(=O)=O. The quantitative estimate of drug-likeness (QED) is 0.443. The maximum Gasteiger partial charge on any atom is 0.325 e. The van der Waals surface area contributed by atoms with Gasteiger partial charge >= 0.3 is 10.1 Å². The molecule has 1 heterocycles. The Morgan fingerprint density at radius 1 is 1.33 bits per heavy atom. The molecule has 1 aliphatic heterocycles. The highest BCUT2D eigenvalue weighted by Crippen LogP contribution is 2.43. The predicted octanol–water partition coefficient (Wildman–Crippen LogP) is 3.51. The van der Waals surface area contributed by atoms with Gasteiger partial charge in [-0.05, 0) is 46.1 Å². The molecular formula is C17H23N3O3S. The molecule has 6 nitrogen and oxygen atoms in total. The summed E-state index contributed by atoms with van der Waals surface area (Å²) in [5, 5.41) is 12.6. The van der Waals surface area contributed by atoms with E-state index in [4.69, 9.17) is 0 Å². The van der Waals surface area contributed by atoms with Gasteiger partial charge in [-0.1, -0.05) is 29.5 Å². The number of hydrogen-bond acceptors (Lipinski definition) is 6. The van der Waals surface area contributed by atoms with Crippen LogP contribution in [0.15, 0.2) is 45.7 Å². The second kappa shape index (κ2) is 8.06. The van der Waals surface area contributed by atoms with Crippen LogP contribution in [0.2, 0.25) is 0 Å². The Kier molecular flexibility index (Phi) is 6.67. The number of rotatable bonds is 3. The van der Waals surface area contributed by atoms with E-state index >= 15 is 0 Å². The Hall–Kier alpha value is -2.20. The van der Waals surface area contributed by atoms with Crippen molar-refractivity contribution in [2.24, 2.45) is 15.6 Å². The third kappa shape index (κ3) is 4.90. The number of nitriles is 1. The van der Waals surface area contributed by atoms with E-state index in [0.717, 1.165) is 30.4 Å². The molecular weight excluding hydrogens is 326 g/mol. The molecule has 0 atom stereocenters. The molecule has 0 fully saturated rings. The van der Waals surface area contributed by atoms with Crippen molar-refractivity contribution >= 4 is 21.5 Å². The molecule has 0 unspecified atom stereocenters. The van der Waals surface area contributed by atoms with Crippen LogP contribution in [0, 0.1) is 16.7 Å². The van der Waals surface area contributed by atoms with Gasteiger partial charge in [-0.2, -0.15) is 13.7 Å². The Morgan fingerprint density at radius 2 is 1.92 bits per heavy atom. The average molecular weight is 349 g/mol. The normalized spacial score (nSPS) is 19.3. The lowest BCUT2D eigenvalue weighted by Gasteiger charge is -2.23. The van der Waals surface area contributed by atoms with Gasteiger partial charge in [0.2, 0.25) is 5.71 Å². The number of aliphatic imine (C=N–C) groups is 1. The largest absolute Gasteiger partial charge is 0.325 e. The molecule has 1 aliphatic carbocycles. The van der Waals surface area contributed by atoms with Gasteiger partial charge in [-0.15, -0.1) is 0 Å². The minimum absolute atomic E-state index is 0.114. The van der Waals surface area contributed by atoms with Crippen LogP contribution in [0.25, 0.3) is 0 Å². The summed E-state index contributed by atoms with van der Waals surface area (Å²) in [6.07, 6.45) is 10.8. The summed E-state index contributed by atoms with van der Waals surface area (Å²) in [7, 11) is -3.74. The van der Waals surface area contributed by atoms with E-state index in [0.29, 0.717) is 5.71 Å². The fourth-order valence-corrected chi connectivity index (χ4v) is 2.51. The number of hydrogen-bond donors (Lipinski definition) is 0. The van der Waals surface area contributed by atoms with E-state index in [1.165, 1.54) is 0 Å². The Bertz CT molecular complexity index is 772. The van der Waals surface area contributed by atoms with Crippen molar-refractivity contribution in [2.45, 2.75) is 40.5 Å². The lowest BCUT2D eigenvalue weighted by molar-refractivity contribution is 0.344. The van der Waals surface area contributed by atoms with Crippen molar-refractivity contribution in [3.63, 3.8) is 0 Å². The van der Waals surface area contributed by atoms with Crippen molar-refractivity contribution < 1.29 is 12.7 Å². The summed E-state index contributed by atoms with van der Waals surface area (Å²) < 4.78 is 26.3. The molecule has 2 rings (SSSR count). The Labute approximate surface area is 144 Å². The molecule has 0 saturated heterocycles. The van der Waals surface area contributed by atoms with Gasteiger partial charge in [0.05, 0.1) is 17.7 Å². The minimum Gasteiger partial charge on any atom is -0.267 e. The Balaban J connectivity index is 0.000000648. The van der Waals surface area contributed by atoms with Crippen molar-refractivity contribution in [2.75, 3.05) is 6.26 Å². The number of oxime groups is 1. The maximum absolute atomic E-state index is 11.0. The van der Waals surface area contributed by atoms with Crippen LogP contribution < -0.4 is 0 Å². The van der Waals surface area contributed by atoms with Crippen LogP contribution in [-0.4, -0.2) is 26.1 Å². The lowest BCUT2D eigenvalue weighted by Crippen LogP contribution is -2.29. The first kappa shape index (κ1) is 19.8. The molecule has 0 saturated carbocycles. The van der Waals surface area contributed by atoms with Crippen molar-refractivity contribution in [3.05, 3.63) is 35.6 Å². The van der Waals surface area contributed by atoms with Gasteiger partial charge in [0.25, 0.3) is 0 Å². The smallest absolute Gasteiger partial charge is 0.267 e. The fraction of sp³-hybridized carbons (Fsp3) is 0.471. The molecule has 24 heavy (non-hydrogen) atoms. The number of allylic oxidation sites excluding steroid dienone is 5. The van der Waals surface area contributed by atoms with Crippen LogP contribution in [0.3, 0.4) is 0 Å². The lowest BCUT2D eigenvalue weighted by atomic mass is 9.77. The fourth-order valence-electron chi connectivity index (χ4n) is 2.30. The molecule has 0 bridgehead atoms. The highest BCUT2D eigenvalue weighted by molar-refractivity contribution is 7.85. The highest BCUT2D eigenvalue weighted by atomic mass is 32.2. The van der Waals surface area contributed by atoms with Crippen LogP contribution in [0.1, 0.15) is 40.5 Å². The van der Waals surface area contributed by atoms with E-state index in [2.05, 4.69) is 20.5 Å². The summed E-state index contributed by atoms with van der Waals surface area (Å²) in [6.45, 7) is 7.86.